The van der Waals surface area contributed by atoms with Crippen LogP contribution in [0.25, 0.3) is 0 Å². The molecular weight excluding hydrogens is 593 g/mol. The van der Waals surface area contributed by atoms with Gasteiger partial charge in [-0.3, -0.25) is 13.9 Å². The Morgan fingerprint density at radius 2 is 1.40 bits per heavy atom. The summed E-state index contributed by atoms with van der Waals surface area (Å²) in [7, 11) is -4.22. The predicted molar refractivity (Wildman–Crippen MR) is 161 cm³/mol. The molecule has 2 amide bonds. The fraction of sp³-hybridized carbons (Fsp3) is 0.310. The maximum absolute atomic E-state index is 14.1. The molecule has 0 saturated heterocycles. The van der Waals surface area contributed by atoms with E-state index in [9.17, 15) is 18.0 Å². The van der Waals surface area contributed by atoms with Gasteiger partial charge < -0.3 is 10.2 Å². The lowest BCUT2D eigenvalue weighted by molar-refractivity contribution is -0.140. The average molecular weight is 625 g/mol. The summed E-state index contributed by atoms with van der Waals surface area (Å²) < 4.78 is 28.7. The van der Waals surface area contributed by atoms with Crippen molar-refractivity contribution in [2.45, 2.75) is 57.1 Å². The third-order valence-corrected chi connectivity index (χ3v) is 9.31. The fourth-order valence-electron chi connectivity index (χ4n) is 4.10. The highest BCUT2D eigenvalue weighted by atomic mass is 35.5. The minimum absolute atomic E-state index is 0.00928. The number of nitrogens with one attached hydrogen (secondary N) is 1. The number of halogens is 3. The maximum atomic E-state index is 14.1. The van der Waals surface area contributed by atoms with E-state index in [0.29, 0.717) is 22.0 Å². The summed E-state index contributed by atoms with van der Waals surface area (Å²) in [6.07, 6.45) is 0.968. The Kier molecular flexibility index (Phi) is 11.3. The van der Waals surface area contributed by atoms with Gasteiger partial charge >= 0.3 is 0 Å². The van der Waals surface area contributed by atoms with Crippen LogP contribution in [0.1, 0.15) is 39.2 Å². The number of rotatable bonds is 12. The third-order valence-electron chi connectivity index (χ3n) is 6.51. The van der Waals surface area contributed by atoms with Crippen LogP contribution >= 0.6 is 34.8 Å². The van der Waals surface area contributed by atoms with Gasteiger partial charge in [0, 0.05) is 28.2 Å². The fourth-order valence-corrected chi connectivity index (χ4v) is 6.36. The van der Waals surface area contributed by atoms with E-state index in [-0.39, 0.29) is 40.5 Å². The van der Waals surface area contributed by atoms with Crippen molar-refractivity contribution in [2.75, 3.05) is 10.8 Å². The first kappa shape index (κ1) is 31.7. The van der Waals surface area contributed by atoms with E-state index >= 15 is 0 Å². The molecule has 0 spiro atoms. The number of benzene rings is 3. The molecular formula is C29H32Cl3N3O4S. The average Bonchev–Trinajstić information content (AvgIpc) is 2.93. The van der Waals surface area contributed by atoms with Gasteiger partial charge in [0.2, 0.25) is 11.8 Å². The molecule has 214 valence electrons. The van der Waals surface area contributed by atoms with Gasteiger partial charge in [-0.1, -0.05) is 85.0 Å². The molecule has 2 atom stereocenters. The van der Waals surface area contributed by atoms with E-state index in [0.717, 1.165) is 4.31 Å². The third kappa shape index (κ3) is 7.49. The Balaban J connectivity index is 2.10. The minimum atomic E-state index is -4.22. The Morgan fingerprint density at radius 3 is 1.98 bits per heavy atom. The number of anilines is 1. The van der Waals surface area contributed by atoms with Crippen molar-refractivity contribution in [1.82, 2.24) is 10.2 Å². The molecule has 0 aliphatic carbocycles. The smallest absolute Gasteiger partial charge is 0.264 e. The minimum Gasteiger partial charge on any atom is -0.352 e. The lowest BCUT2D eigenvalue weighted by Crippen LogP contribution is -2.53. The predicted octanol–water partition coefficient (Wildman–Crippen LogP) is 6.56. The van der Waals surface area contributed by atoms with Gasteiger partial charge in [-0.15, -0.1) is 0 Å². The standard InChI is InChI=1S/C29H32Cl3N3O4S/c1-4-20(3)33-29(37)26(5-2)34(18-22-23(30)15-11-16-24(22)31)28(36)19-35(27-17-10-9-14-25(27)32)40(38,39)21-12-7-6-8-13-21/h6-17,20,26H,4-5,18-19H2,1-3H3,(H,33,37). The van der Waals surface area contributed by atoms with Gasteiger partial charge in [0.05, 0.1) is 15.6 Å². The molecule has 3 rings (SSSR count). The molecule has 3 aromatic carbocycles. The van der Waals surface area contributed by atoms with Crippen molar-refractivity contribution < 1.29 is 18.0 Å². The molecule has 0 saturated carbocycles. The van der Waals surface area contributed by atoms with Crippen molar-refractivity contribution in [3.05, 3.63) is 93.4 Å². The number of carbonyl (C=O) groups excluding carboxylic acids is 2. The molecule has 7 nitrogen and oxygen atoms in total. The molecule has 0 aliphatic rings. The van der Waals surface area contributed by atoms with Gasteiger partial charge in [0.25, 0.3) is 10.0 Å². The van der Waals surface area contributed by atoms with Gasteiger partial charge in [0.1, 0.15) is 12.6 Å². The van der Waals surface area contributed by atoms with Crippen molar-refractivity contribution in [3.8, 4) is 0 Å². The van der Waals surface area contributed by atoms with E-state index in [1.54, 1.807) is 61.5 Å². The second-order valence-corrected chi connectivity index (χ2v) is 12.3. The van der Waals surface area contributed by atoms with E-state index in [1.165, 1.54) is 23.1 Å². The lowest BCUT2D eigenvalue weighted by Gasteiger charge is -2.34. The van der Waals surface area contributed by atoms with E-state index in [2.05, 4.69) is 5.32 Å². The summed E-state index contributed by atoms with van der Waals surface area (Å²) in [6, 6.07) is 18.1. The lowest BCUT2D eigenvalue weighted by atomic mass is 10.1. The van der Waals surface area contributed by atoms with E-state index in [1.807, 2.05) is 13.8 Å². The molecule has 3 aromatic rings. The number of nitrogens with zero attached hydrogens (tertiary/aromatic N) is 2. The zero-order chi connectivity index (χ0) is 29.4. The number of hydrogen-bond donors (Lipinski definition) is 1. The summed E-state index contributed by atoms with van der Waals surface area (Å²) in [5.41, 5.74) is 0.582. The Bertz CT molecular complexity index is 1420. The first-order valence-electron chi connectivity index (χ1n) is 12.9. The van der Waals surface area contributed by atoms with E-state index < -0.39 is 28.5 Å². The van der Waals surface area contributed by atoms with Crippen molar-refractivity contribution in [1.29, 1.82) is 0 Å². The van der Waals surface area contributed by atoms with Crippen LogP contribution in [-0.4, -0.2) is 43.8 Å². The number of para-hydroxylation sites is 1. The van der Waals surface area contributed by atoms with Crippen LogP contribution in [0, 0.1) is 0 Å². The topological polar surface area (TPSA) is 86.8 Å². The second kappa shape index (κ2) is 14.2. The molecule has 0 aliphatic heterocycles. The number of carbonyl (C=O) groups is 2. The van der Waals surface area contributed by atoms with Gasteiger partial charge in [-0.05, 0) is 56.2 Å². The van der Waals surface area contributed by atoms with Gasteiger partial charge in [0.15, 0.2) is 0 Å². The van der Waals surface area contributed by atoms with Crippen molar-refractivity contribution in [2.24, 2.45) is 0 Å². The quantitative estimate of drug-likeness (QED) is 0.247. The normalized spacial score (nSPS) is 12.8. The highest BCUT2D eigenvalue weighted by Crippen LogP contribution is 2.32. The molecule has 1 N–H and O–H groups in total. The summed E-state index contributed by atoms with van der Waals surface area (Å²) in [5.74, 6) is -0.981. The zero-order valence-corrected chi connectivity index (χ0v) is 25.6. The Hall–Kier alpha value is -2.78. The number of hydrogen-bond acceptors (Lipinski definition) is 4. The molecule has 2 unspecified atom stereocenters. The molecule has 11 heteroatoms. The summed E-state index contributed by atoms with van der Waals surface area (Å²) in [4.78, 5) is 28.8. The second-order valence-electron chi connectivity index (χ2n) is 9.24. The summed E-state index contributed by atoms with van der Waals surface area (Å²) in [5, 5.41) is 3.72. The van der Waals surface area contributed by atoms with Gasteiger partial charge in [-0.25, -0.2) is 8.42 Å². The number of amides is 2. The maximum Gasteiger partial charge on any atom is 0.264 e. The van der Waals surface area contributed by atoms with Gasteiger partial charge in [-0.2, -0.15) is 0 Å². The first-order chi connectivity index (χ1) is 19.0. The molecule has 0 aromatic heterocycles. The molecule has 40 heavy (non-hydrogen) atoms. The molecule has 0 radical (unpaired) electrons. The van der Waals surface area contributed by atoms with Crippen LogP contribution in [0.5, 0.6) is 0 Å². The highest BCUT2D eigenvalue weighted by molar-refractivity contribution is 7.92. The van der Waals surface area contributed by atoms with Crippen LogP contribution in [0.2, 0.25) is 15.1 Å². The van der Waals surface area contributed by atoms with Crippen LogP contribution < -0.4 is 9.62 Å². The van der Waals surface area contributed by atoms with Crippen molar-refractivity contribution in [3.63, 3.8) is 0 Å². The first-order valence-corrected chi connectivity index (χ1v) is 15.4. The molecule has 0 bridgehead atoms. The van der Waals surface area contributed by atoms with E-state index in [4.69, 9.17) is 34.8 Å². The largest absolute Gasteiger partial charge is 0.352 e. The monoisotopic (exact) mass is 623 g/mol. The zero-order valence-electron chi connectivity index (χ0n) is 22.5. The Labute approximate surface area is 251 Å². The molecule has 0 fully saturated rings. The molecule has 0 heterocycles. The van der Waals surface area contributed by atoms with Crippen molar-refractivity contribution >= 4 is 62.3 Å². The summed E-state index contributed by atoms with van der Waals surface area (Å²) >= 11 is 19.3. The van der Waals surface area contributed by atoms with Crippen LogP contribution in [0.3, 0.4) is 0 Å². The number of sulfonamides is 1. The Morgan fingerprint density at radius 1 is 0.825 bits per heavy atom. The van der Waals surface area contributed by atoms with Crippen LogP contribution in [-0.2, 0) is 26.2 Å². The SMILES string of the molecule is CCC(C)NC(=O)C(CC)N(Cc1c(Cl)cccc1Cl)C(=O)CN(c1ccccc1Cl)S(=O)(=O)c1ccccc1. The van der Waals surface area contributed by atoms with Crippen LogP contribution in [0.4, 0.5) is 5.69 Å². The summed E-state index contributed by atoms with van der Waals surface area (Å²) in [6.45, 7) is 4.87. The van der Waals surface area contributed by atoms with Crippen LogP contribution in [0.15, 0.2) is 77.7 Å². The highest BCUT2D eigenvalue weighted by Gasteiger charge is 2.35.